The molecule has 6 nitrogen and oxygen atoms in total. The summed E-state index contributed by atoms with van der Waals surface area (Å²) in [4.78, 5) is 17.9. The molecule has 2 aromatic rings. The Kier molecular flexibility index (Phi) is 12.7. The van der Waals surface area contributed by atoms with Gasteiger partial charge in [-0.3, -0.25) is 4.79 Å². The summed E-state index contributed by atoms with van der Waals surface area (Å²) >= 11 is 0. The SMILES string of the molecule is COc1ccc(C(C)CCNC(=NCC(=O)N(C)C)NCCc2ccccc2)cc1.I. The number of hydrogen-bond donors (Lipinski definition) is 2. The van der Waals surface area contributed by atoms with Crippen LogP contribution in [0.25, 0.3) is 0 Å². The highest BCUT2D eigenvalue weighted by Crippen LogP contribution is 2.21. The normalized spacial score (nSPS) is 11.8. The molecular formula is C24H35IN4O2. The van der Waals surface area contributed by atoms with Gasteiger partial charge in [0.25, 0.3) is 0 Å². The van der Waals surface area contributed by atoms with Crippen molar-refractivity contribution in [3.8, 4) is 5.75 Å². The van der Waals surface area contributed by atoms with Crippen molar-refractivity contribution in [1.29, 1.82) is 0 Å². The Morgan fingerprint density at radius 3 is 2.29 bits per heavy atom. The summed E-state index contributed by atoms with van der Waals surface area (Å²) in [7, 11) is 5.16. The van der Waals surface area contributed by atoms with E-state index in [4.69, 9.17) is 4.74 Å². The summed E-state index contributed by atoms with van der Waals surface area (Å²) in [6, 6.07) is 18.5. The molecule has 2 aromatic carbocycles. The van der Waals surface area contributed by atoms with Crippen molar-refractivity contribution in [3.05, 3.63) is 65.7 Å². The lowest BCUT2D eigenvalue weighted by Gasteiger charge is -2.16. The Hall–Kier alpha value is -2.29. The maximum absolute atomic E-state index is 11.9. The number of rotatable bonds is 10. The Morgan fingerprint density at radius 2 is 1.68 bits per heavy atom. The fraction of sp³-hybridized carbons (Fsp3) is 0.417. The first-order chi connectivity index (χ1) is 14.5. The summed E-state index contributed by atoms with van der Waals surface area (Å²) in [6.45, 7) is 3.85. The van der Waals surface area contributed by atoms with Crippen LogP contribution in [0, 0.1) is 0 Å². The van der Waals surface area contributed by atoms with Gasteiger partial charge in [0.15, 0.2) is 5.96 Å². The van der Waals surface area contributed by atoms with Crippen LogP contribution in [0.4, 0.5) is 0 Å². The van der Waals surface area contributed by atoms with E-state index in [1.807, 2.05) is 30.3 Å². The number of likely N-dealkylation sites (N-methyl/N-ethyl adjacent to an activating group) is 1. The second-order valence-corrected chi connectivity index (χ2v) is 7.51. The van der Waals surface area contributed by atoms with E-state index in [9.17, 15) is 4.79 Å². The molecule has 0 aliphatic rings. The van der Waals surface area contributed by atoms with Crippen molar-refractivity contribution in [2.45, 2.75) is 25.7 Å². The van der Waals surface area contributed by atoms with Crippen LogP contribution in [0.1, 0.15) is 30.4 Å². The molecule has 2 N–H and O–H groups in total. The molecule has 0 fully saturated rings. The van der Waals surface area contributed by atoms with Gasteiger partial charge in [0, 0.05) is 27.2 Å². The molecular weight excluding hydrogens is 503 g/mol. The van der Waals surface area contributed by atoms with Crippen molar-refractivity contribution in [2.75, 3.05) is 40.8 Å². The zero-order chi connectivity index (χ0) is 21.8. The number of ether oxygens (including phenoxy) is 1. The minimum Gasteiger partial charge on any atom is -0.497 e. The van der Waals surface area contributed by atoms with E-state index in [1.165, 1.54) is 11.1 Å². The maximum Gasteiger partial charge on any atom is 0.243 e. The standard InChI is InChI=1S/C24H34N4O2.HI/c1-19(21-10-12-22(30-4)13-11-21)14-16-25-24(27-18-23(29)28(2)3)26-17-15-20-8-6-5-7-9-20;/h5-13,19H,14-18H2,1-4H3,(H2,25,26,27);1H. The molecule has 31 heavy (non-hydrogen) atoms. The molecule has 2 rings (SSSR count). The van der Waals surface area contributed by atoms with Crippen molar-refractivity contribution < 1.29 is 9.53 Å². The molecule has 0 bridgehead atoms. The van der Waals surface area contributed by atoms with Crippen LogP contribution in [0.3, 0.4) is 0 Å². The summed E-state index contributed by atoms with van der Waals surface area (Å²) in [6.07, 6.45) is 1.85. The predicted octanol–water partition coefficient (Wildman–Crippen LogP) is 3.67. The third-order valence-electron chi connectivity index (χ3n) is 4.97. The van der Waals surface area contributed by atoms with Crippen LogP contribution < -0.4 is 15.4 Å². The first-order valence-corrected chi connectivity index (χ1v) is 10.4. The van der Waals surface area contributed by atoms with E-state index >= 15 is 0 Å². The fourth-order valence-electron chi connectivity index (χ4n) is 2.94. The molecule has 0 aliphatic heterocycles. The minimum absolute atomic E-state index is 0. The van der Waals surface area contributed by atoms with Crippen LogP contribution in [-0.2, 0) is 11.2 Å². The number of carbonyl (C=O) groups is 1. The van der Waals surface area contributed by atoms with E-state index in [-0.39, 0.29) is 36.4 Å². The number of halogens is 1. The van der Waals surface area contributed by atoms with Gasteiger partial charge in [-0.05, 0) is 42.0 Å². The summed E-state index contributed by atoms with van der Waals surface area (Å²) in [5.41, 5.74) is 2.54. The number of benzene rings is 2. The van der Waals surface area contributed by atoms with Gasteiger partial charge < -0.3 is 20.3 Å². The Morgan fingerprint density at radius 1 is 1.03 bits per heavy atom. The van der Waals surface area contributed by atoms with Crippen molar-refractivity contribution in [2.24, 2.45) is 4.99 Å². The highest BCUT2D eigenvalue weighted by molar-refractivity contribution is 14.0. The largest absolute Gasteiger partial charge is 0.497 e. The molecule has 0 heterocycles. The third kappa shape index (κ3) is 10.0. The minimum atomic E-state index is -0.0224. The van der Waals surface area contributed by atoms with Crippen LogP contribution in [-0.4, -0.2) is 57.6 Å². The average Bonchev–Trinajstić information content (AvgIpc) is 2.77. The van der Waals surface area contributed by atoms with Gasteiger partial charge in [0.1, 0.15) is 12.3 Å². The highest BCUT2D eigenvalue weighted by Gasteiger charge is 2.08. The molecule has 0 aliphatic carbocycles. The predicted molar refractivity (Wildman–Crippen MR) is 139 cm³/mol. The summed E-state index contributed by atoms with van der Waals surface area (Å²) in [5.74, 6) is 1.91. The Bertz CT molecular complexity index is 795. The number of aliphatic imine (C=N–C) groups is 1. The van der Waals surface area contributed by atoms with Gasteiger partial charge in [-0.15, -0.1) is 24.0 Å². The molecule has 7 heteroatoms. The molecule has 0 saturated carbocycles. The van der Waals surface area contributed by atoms with Crippen LogP contribution in [0.15, 0.2) is 59.6 Å². The quantitative estimate of drug-likeness (QED) is 0.275. The summed E-state index contributed by atoms with van der Waals surface area (Å²) in [5, 5.41) is 6.71. The maximum atomic E-state index is 11.9. The first-order valence-electron chi connectivity index (χ1n) is 10.4. The molecule has 170 valence electrons. The molecule has 0 spiro atoms. The zero-order valence-electron chi connectivity index (χ0n) is 18.9. The number of carbonyl (C=O) groups excluding carboxylic acids is 1. The zero-order valence-corrected chi connectivity index (χ0v) is 21.3. The second-order valence-electron chi connectivity index (χ2n) is 7.51. The lowest BCUT2D eigenvalue weighted by atomic mass is 9.98. The van der Waals surface area contributed by atoms with Crippen molar-refractivity contribution in [1.82, 2.24) is 15.5 Å². The third-order valence-corrected chi connectivity index (χ3v) is 4.97. The molecule has 1 atom stereocenters. The molecule has 0 saturated heterocycles. The van der Waals surface area contributed by atoms with Crippen LogP contribution in [0.5, 0.6) is 5.75 Å². The number of guanidine groups is 1. The van der Waals surface area contributed by atoms with Crippen LogP contribution in [0.2, 0.25) is 0 Å². The smallest absolute Gasteiger partial charge is 0.243 e. The van der Waals surface area contributed by atoms with E-state index in [0.29, 0.717) is 11.9 Å². The van der Waals surface area contributed by atoms with Crippen molar-refractivity contribution in [3.63, 3.8) is 0 Å². The molecule has 1 amide bonds. The van der Waals surface area contributed by atoms with Crippen molar-refractivity contribution >= 4 is 35.8 Å². The van der Waals surface area contributed by atoms with E-state index in [2.05, 4.69) is 46.8 Å². The monoisotopic (exact) mass is 538 g/mol. The second kappa shape index (κ2) is 14.7. The van der Waals surface area contributed by atoms with Gasteiger partial charge in [-0.25, -0.2) is 4.99 Å². The first kappa shape index (κ1) is 26.7. The number of nitrogens with one attached hydrogen (secondary N) is 2. The Balaban J connectivity index is 0.00000480. The lowest BCUT2D eigenvalue weighted by Crippen LogP contribution is -2.40. The molecule has 0 aromatic heterocycles. The van der Waals surface area contributed by atoms with Gasteiger partial charge in [-0.2, -0.15) is 0 Å². The van der Waals surface area contributed by atoms with E-state index < -0.39 is 0 Å². The molecule has 1 unspecified atom stereocenters. The molecule has 0 radical (unpaired) electrons. The summed E-state index contributed by atoms with van der Waals surface area (Å²) < 4.78 is 5.23. The lowest BCUT2D eigenvalue weighted by molar-refractivity contribution is -0.127. The number of nitrogens with zero attached hydrogens (tertiary/aromatic N) is 2. The van der Waals surface area contributed by atoms with Gasteiger partial charge in [0.2, 0.25) is 5.91 Å². The number of methoxy groups -OCH3 is 1. The number of amides is 1. The average molecular weight is 538 g/mol. The van der Waals surface area contributed by atoms with Gasteiger partial charge >= 0.3 is 0 Å². The topological polar surface area (TPSA) is 66.0 Å². The van der Waals surface area contributed by atoms with E-state index in [1.54, 1.807) is 26.1 Å². The van der Waals surface area contributed by atoms with Gasteiger partial charge in [0.05, 0.1) is 7.11 Å². The fourth-order valence-corrected chi connectivity index (χ4v) is 2.94. The van der Waals surface area contributed by atoms with Gasteiger partial charge in [-0.1, -0.05) is 49.4 Å². The highest BCUT2D eigenvalue weighted by atomic mass is 127. The van der Waals surface area contributed by atoms with Crippen LogP contribution >= 0.6 is 24.0 Å². The Labute approximate surface area is 203 Å². The number of hydrogen-bond acceptors (Lipinski definition) is 3. The van der Waals surface area contributed by atoms with E-state index in [0.717, 1.165) is 31.7 Å².